The molecule has 0 spiro atoms. The molecule has 0 radical (unpaired) electrons. The molecule has 2 aliphatic rings. The van der Waals surface area contributed by atoms with Gasteiger partial charge in [-0.1, -0.05) is 41.9 Å². The Morgan fingerprint density at radius 3 is 2.50 bits per heavy atom. The van der Waals surface area contributed by atoms with Gasteiger partial charge in [0.05, 0.1) is 28.9 Å². The summed E-state index contributed by atoms with van der Waals surface area (Å²) in [6.07, 6.45) is 5.99. The van der Waals surface area contributed by atoms with Crippen molar-refractivity contribution in [1.82, 2.24) is 15.2 Å². The van der Waals surface area contributed by atoms with Gasteiger partial charge < -0.3 is 34.4 Å². The van der Waals surface area contributed by atoms with Crippen LogP contribution in [0.25, 0.3) is 11.1 Å². The standard InChI is InChI=1S/C43H49ClN4O7.CO2/c1-27-32(7-5-10-37(27)53-18-6-15-48-16-13-43(3,52)14-17-48)33-8-4-9-35-34(33)11-12-38(35)55-40-21-39(54-26-30-19-29(22-45)23-46-24-30)31(20-36(40)44)25-47-41(28(2)49)42(50)51;2-1-3/h4-5,7-10,19-21,23-24,28,38,41,47,49,52H,6,11-18,25-26H2,1-3H3,(H,50,51);/t28-,38+,41+;/m1./s1. The van der Waals surface area contributed by atoms with E-state index in [9.17, 15) is 25.4 Å². The number of hydrogen-bond donors (Lipinski definition) is 4. The van der Waals surface area contributed by atoms with E-state index < -0.39 is 23.7 Å². The molecule has 0 unspecified atom stereocenters. The van der Waals surface area contributed by atoms with Crippen molar-refractivity contribution in [1.29, 1.82) is 5.26 Å². The highest BCUT2D eigenvalue weighted by molar-refractivity contribution is 6.32. The van der Waals surface area contributed by atoms with Gasteiger partial charge in [-0.25, -0.2) is 0 Å². The topological polar surface area (TPSA) is 192 Å². The molecular weight excluding hydrogens is 764 g/mol. The number of pyridine rings is 1. The number of nitrogens with one attached hydrogen (secondary N) is 1. The number of ether oxygens (including phenoxy) is 3. The van der Waals surface area contributed by atoms with Crippen LogP contribution in [0.2, 0.25) is 5.02 Å². The minimum Gasteiger partial charge on any atom is -0.493 e. The van der Waals surface area contributed by atoms with Crippen molar-refractivity contribution in [2.75, 3.05) is 26.2 Å². The fourth-order valence-electron chi connectivity index (χ4n) is 7.35. The van der Waals surface area contributed by atoms with Crippen LogP contribution < -0.4 is 19.5 Å². The maximum Gasteiger partial charge on any atom is 0.373 e. The van der Waals surface area contributed by atoms with E-state index in [2.05, 4.69) is 46.4 Å². The molecule has 4 aromatic rings. The van der Waals surface area contributed by atoms with Gasteiger partial charge in [0.25, 0.3) is 0 Å². The van der Waals surface area contributed by atoms with Gasteiger partial charge >= 0.3 is 12.1 Å². The zero-order chi connectivity index (χ0) is 41.8. The van der Waals surface area contributed by atoms with Gasteiger partial charge in [-0.2, -0.15) is 14.9 Å². The molecule has 1 aromatic heterocycles. The molecule has 58 heavy (non-hydrogen) atoms. The number of rotatable bonds is 16. The Balaban J connectivity index is 0.00000207. The Morgan fingerprint density at radius 1 is 1.07 bits per heavy atom. The molecule has 0 amide bonds. The molecule has 0 bridgehead atoms. The number of piperidine rings is 1. The SMILES string of the molecule is Cc1c(OCCCN2CCC(C)(O)CC2)cccc1-c1cccc2c1CC[C@@H]2Oc1cc(OCc2cncc(C#N)c2)c(CN[C@H](C(=O)O)[C@@H](C)O)cc1Cl.O=C=O. The third-order valence-corrected chi connectivity index (χ3v) is 10.9. The number of likely N-dealkylation sites (tertiary alicyclic amines) is 1. The van der Waals surface area contributed by atoms with E-state index in [1.165, 1.54) is 18.7 Å². The molecule has 1 aliphatic heterocycles. The number of aromatic nitrogens is 1. The van der Waals surface area contributed by atoms with Crippen LogP contribution in [0.3, 0.4) is 0 Å². The normalized spacial score (nSPS) is 16.7. The number of carbonyl (C=O) groups excluding carboxylic acids is 2. The first-order valence-corrected chi connectivity index (χ1v) is 19.6. The van der Waals surface area contributed by atoms with Crippen molar-refractivity contribution in [3.63, 3.8) is 0 Å². The van der Waals surface area contributed by atoms with E-state index in [1.54, 1.807) is 24.4 Å². The van der Waals surface area contributed by atoms with Gasteiger partial charge in [0.1, 0.15) is 42.1 Å². The van der Waals surface area contributed by atoms with Crippen molar-refractivity contribution in [2.45, 2.75) is 89.9 Å². The molecule has 3 atom stereocenters. The number of nitrogens with zero attached hydrogens (tertiary/aromatic N) is 3. The van der Waals surface area contributed by atoms with E-state index in [0.29, 0.717) is 39.8 Å². The Hall–Kier alpha value is -5.32. The molecule has 2 heterocycles. The highest BCUT2D eigenvalue weighted by atomic mass is 35.5. The third-order valence-electron chi connectivity index (χ3n) is 10.6. The summed E-state index contributed by atoms with van der Waals surface area (Å²) in [5.74, 6) is 0.513. The molecule has 3 aromatic carbocycles. The maximum atomic E-state index is 11.8. The number of carboxylic acids is 1. The lowest BCUT2D eigenvalue weighted by Gasteiger charge is -2.35. The Labute approximate surface area is 343 Å². The third kappa shape index (κ3) is 11.4. The van der Waals surface area contributed by atoms with Crippen LogP contribution in [0, 0.1) is 18.3 Å². The number of carbonyl (C=O) groups is 1. The molecule has 0 saturated carbocycles. The smallest absolute Gasteiger partial charge is 0.373 e. The van der Waals surface area contributed by atoms with Crippen molar-refractivity contribution >= 4 is 23.7 Å². The molecule has 1 fully saturated rings. The highest BCUT2D eigenvalue weighted by Crippen LogP contribution is 2.44. The van der Waals surface area contributed by atoms with Crippen LogP contribution in [-0.4, -0.2) is 81.3 Å². The highest BCUT2D eigenvalue weighted by Gasteiger charge is 2.30. The summed E-state index contributed by atoms with van der Waals surface area (Å²) in [6.45, 7) is 8.95. The summed E-state index contributed by atoms with van der Waals surface area (Å²) in [7, 11) is 0. The first kappa shape index (κ1) is 43.8. The quantitative estimate of drug-likeness (QED) is 0.0939. The van der Waals surface area contributed by atoms with E-state index in [4.69, 9.17) is 35.4 Å². The zero-order valence-corrected chi connectivity index (χ0v) is 33.6. The molecule has 14 heteroatoms. The lowest BCUT2D eigenvalue weighted by Crippen LogP contribution is -2.44. The first-order chi connectivity index (χ1) is 27.8. The van der Waals surface area contributed by atoms with E-state index >= 15 is 0 Å². The number of benzene rings is 3. The minimum absolute atomic E-state index is 0.0496. The number of aliphatic hydroxyl groups excluding tert-OH is 1. The number of nitriles is 1. The van der Waals surface area contributed by atoms with Crippen LogP contribution in [0.1, 0.15) is 79.0 Å². The Bertz CT molecular complexity index is 2120. The van der Waals surface area contributed by atoms with Crippen molar-refractivity contribution in [3.8, 4) is 34.4 Å². The lowest BCUT2D eigenvalue weighted by molar-refractivity contribution is -0.191. The Kier molecular flexibility index (Phi) is 15.4. The van der Waals surface area contributed by atoms with E-state index in [0.717, 1.165) is 79.7 Å². The number of hydrogen-bond acceptors (Lipinski definition) is 12. The minimum atomic E-state index is -1.20. The predicted molar refractivity (Wildman–Crippen MR) is 214 cm³/mol. The average Bonchev–Trinajstić information content (AvgIpc) is 3.61. The molecule has 1 saturated heterocycles. The first-order valence-electron chi connectivity index (χ1n) is 19.2. The number of carboxylic acid groups (broad SMARTS) is 1. The van der Waals surface area contributed by atoms with Crippen LogP contribution in [0.15, 0.2) is 67.0 Å². The van der Waals surface area contributed by atoms with Crippen LogP contribution in [-0.2, 0) is 34.0 Å². The van der Waals surface area contributed by atoms with Crippen molar-refractivity contribution in [3.05, 3.63) is 105 Å². The fraction of sp³-hybridized carbons (Fsp3) is 0.409. The summed E-state index contributed by atoms with van der Waals surface area (Å²) in [5, 5.41) is 42.4. The average molecular weight is 813 g/mol. The molecule has 13 nitrogen and oxygen atoms in total. The van der Waals surface area contributed by atoms with Gasteiger partial charge in [-0.3, -0.25) is 15.1 Å². The summed E-state index contributed by atoms with van der Waals surface area (Å²) < 4.78 is 19.2. The van der Waals surface area contributed by atoms with Gasteiger partial charge in [0.2, 0.25) is 0 Å². The second-order valence-electron chi connectivity index (χ2n) is 14.9. The molecule has 6 rings (SSSR count). The van der Waals surface area contributed by atoms with Gasteiger partial charge in [-0.05, 0) is 98.9 Å². The van der Waals surface area contributed by atoms with Crippen LogP contribution in [0.4, 0.5) is 0 Å². The maximum absolute atomic E-state index is 11.8. The molecule has 306 valence electrons. The lowest BCUT2D eigenvalue weighted by atomic mass is 9.93. The number of aliphatic hydroxyl groups is 2. The second-order valence-corrected chi connectivity index (χ2v) is 15.3. The van der Waals surface area contributed by atoms with Crippen LogP contribution in [0.5, 0.6) is 17.2 Å². The van der Waals surface area contributed by atoms with Gasteiger partial charge in [-0.15, -0.1) is 0 Å². The number of aliphatic carboxylic acids is 1. The molecular formula is C44H49ClN4O9. The fourth-order valence-corrected chi connectivity index (χ4v) is 7.58. The van der Waals surface area contributed by atoms with Gasteiger partial charge in [0, 0.05) is 55.8 Å². The molecule has 4 N–H and O–H groups in total. The summed E-state index contributed by atoms with van der Waals surface area (Å²) in [6, 6.07) is 18.4. The van der Waals surface area contributed by atoms with Crippen molar-refractivity contribution in [2.24, 2.45) is 0 Å². The second kappa shape index (κ2) is 20.4. The van der Waals surface area contributed by atoms with E-state index in [1.807, 2.05) is 25.1 Å². The summed E-state index contributed by atoms with van der Waals surface area (Å²) in [4.78, 5) is 34.5. The predicted octanol–water partition coefficient (Wildman–Crippen LogP) is 6.18. The monoisotopic (exact) mass is 812 g/mol. The molecule has 1 aliphatic carbocycles. The number of halogens is 1. The van der Waals surface area contributed by atoms with E-state index in [-0.39, 0.29) is 25.4 Å². The largest absolute Gasteiger partial charge is 0.493 e. The summed E-state index contributed by atoms with van der Waals surface area (Å²) >= 11 is 6.83. The number of fused-ring (bicyclic) bond motifs is 1. The van der Waals surface area contributed by atoms with Crippen LogP contribution >= 0.6 is 11.6 Å². The van der Waals surface area contributed by atoms with Crippen molar-refractivity contribution < 1.29 is 43.9 Å². The Morgan fingerprint density at radius 2 is 1.79 bits per heavy atom. The zero-order valence-electron chi connectivity index (χ0n) is 32.9. The van der Waals surface area contributed by atoms with Gasteiger partial charge in [0.15, 0.2) is 0 Å². The summed E-state index contributed by atoms with van der Waals surface area (Å²) in [5.41, 5.74) is 6.73.